The van der Waals surface area contributed by atoms with Crippen molar-refractivity contribution in [1.29, 1.82) is 0 Å². The Bertz CT molecular complexity index is 4090. The minimum Gasteiger partial charge on any atom is -0.458 e. The summed E-state index contributed by atoms with van der Waals surface area (Å²) in [7, 11) is 0. The first kappa shape index (κ1) is 32.6. The summed E-state index contributed by atoms with van der Waals surface area (Å²) < 4.78 is 99.9. The molecule has 0 aliphatic carbocycles. The molecule has 0 amide bonds. The van der Waals surface area contributed by atoms with Crippen molar-refractivity contribution in [3.05, 3.63) is 224 Å². The van der Waals surface area contributed by atoms with Gasteiger partial charge in [-0.2, -0.15) is 0 Å². The summed E-state index contributed by atoms with van der Waals surface area (Å²) in [6.45, 7) is 13.4. The zero-order valence-corrected chi connectivity index (χ0v) is 38.7. The Morgan fingerprint density at radius 1 is 0.588 bits per heavy atom. The molecule has 1 unspecified atom stereocenters. The van der Waals surface area contributed by atoms with Gasteiger partial charge in [0.2, 0.25) is 0 Å². The Labute approximate surface area is 413 Å². The van der Waals surface area contributed by atoms with Gasteiger partial charge in [-0.25, -0.2) is 4.98 Å². The van der Waals surface area contributed by atoms with E-state index in [4.69, 9.17) is 23.4 Å². The SMILES string of the molecule is [2H]c1c([2H])c([2H])c(-c2cccc(-c3c([2H])c([2H])c([2H])c([2H])c3[2H])c2-[n+]2[c-]n(-c3cccc(Oc4ccc5c6cc(C(C)(C)C)ccc6n(-c6cc(C(C)C(C)C)c(-c7ccccc7)cn6)c5c4)c3)c3ccccc32)c([2H])c1[2H]. The number of fused-ring (bicyclic) bond motifs is 4. The second kappa shape index (κ2) is 17.3. The third-order valence-corrected chi connectivity index (χ3v) is 13.0. The molecule has 5 heteroatoms. The molecule has 0 bridgehead atoms. The van der Waals surface area contributed by atoms with E-state index in [1.54, 1.807) is 27.3 Å². The molecule has 0 radical (unpaired) electrons. The van der Waals surface area contributed by atoms with Gasteiger partial charge in [0.15, 0.2) is 0 Å². The quantitative estimate of drug-likeness (QED) is 0.101. The van der Waals surface area contributed by atoms with Crippen LogP contribution >= 0.6 is 0 Å². The third kappa shape index (κ3) is 7.74. The zero-order chi connectivity index (χ0) is 55.2. The molecule has 3 aromatic heterocycles. The molecular formula is C63H54N4O. The average molecular weight is 893 g/mol. The van der Waals surface area contributed by atoms with E-state index in [2.05, 4.69) is 113 Å². The van der Waals surface area contributed by atoms with Gasteiger partial charge in [-0.1, -0.05) is 187 Å². The molecule has 0 N–H and O–H groups in total. The molecule has 3 heterocycles. The van der Waals surface area contributed by atoms with Crippen LogP contribution in [0.25, 0.3) is 83.4 Å². The van der Waals surface area contributed by atoms with E-state index in [-0.39, 0.29) is 39.3 Å². The molecule has 0 saturated heterocycles. The number of nitrogens with zero attached hydrogens (tertiary/aromatic N) is 4. The Balaban J connectivity index is 1.07. The predicted octanol–water partition coefficient (Wildman–Crippen LogP) is 16.0. The smallest absolute Gasteiger partial charge is 0.269 e. The fraction of sp³-hybridized carbons (Fsp3) is 0.143. The zero-order valence-electron chi connectivity index (χ0n) is 48.7. The molecule has 0 aliphatic rings. The van der Waals surface area contributed by atoms with Gasteiger partial charge in [-0.15, -0.1) is 0 Å². The van der Waals surface area contributed by atoms with Gasteiger partial charge in [0, 0.05) is 28.6 Å². The van der Waals surface area contributed by atoms with Gasteiger partial charge >= 0.3 is 0 Å². The second-order valence-corrected chi connectivity index (χ2v) is 18.6. The number of para-hydroxylation sites is 3. The average Bonchev–Trinajstić information content (AvgIpc) is 4.08. The van der Waals surface area contributed by atoms with E-state index in [9.17, 15) is 0 Å². The maximum absolute atomic E-state index is 9.07. The summed E-state index contributed by atoms with van der Waals surface area (Å²) in [6.07, 6.45) is 5.47. The van der Waals surface area contributed by atoms with Crippen LogP contribution in [0, 0.1) is 12.2 Å². The summed E-state index contributed by atoms with van der Waals surface area (Å²) in [4.78, 5) is 5.19. The van der Waals surface area contributed by atoms with Crippen molar-refractivity contribution in [2.75, 3.05) is 0 Å². The van der Waals surface area contributed by atoms with Crippen LogP contribution in [0.4, 0.5) is 0 Å². The van der Waals surface area contributed by atoms with Gasteiger partial charge in [-0.05, 0) is 105 Å². The van der Waals surface area contributed by atoms with Crippen LogP contribution in [-0.4, -0.2) is 14.1 Å². The van der Waals surface area contributed by atoms with Crippen molar-refractivity contribution in [2.45, 2.75) is 52.9 Å². The van der Waals surface area contributed by atoms with Gasteiger partial charge in [0.05, 0.1) is 47.1 Å². The molecule has 0 saturated carbocycles. The number of ether oxygens (including phenoxy) is 1. The first-order valence-electron chi connectivity index (χ1n) is 27.9. The summed E-state index contributed by atoms with van der Waals surface area (Å²) in [5.41, 5.74) is 8.58. The summed E-state index contributed by atoms with van der Waals surface area (Å²) in [5, 5.41) is 2.15. The van der Waals surface area contributed by atoms with E-state index in [0.29, 0.717) is 34.1 Å². The molecule has 11 rings (SSSR count). The summed E-state index contributed by atoms with van der Waals surface area (Å²) in [6, 6.07) is 40.0. The number of aromatic nitrogens is 4. The van der Waals surface area contributed by atoms with Gasteiger partial charge in [-0.3, -0.25) is 13.7 Å². The van der Waals surface area contributed by atoms with Gasteiger partial charge in [0.25, 0.3) is 6.33 Å². The van der Waals surface area contributed by atoms with Crippen LogP contribution in [-0.2, 0) is 5.41 Å². The minimum absolute atomic E-state index is 0.0891. The molecule has 8 aromatic carbocycles. The van der Waals surface area contributed by atoms with Crippen molar-refractivity contribution in [3.63, 3.8) is 0 Å². The second-order valence-electron chi connectivity index (χ2n) is 18.6. The number of rotatable bonds is 10. The molecule has 1 atom stereocenters. The lowest BCUT2D eigenvalue weighted by molar-refractivity contribution is -0.571. The molecule has 332 valence electrons. The van der Waals surface area contributed by atoms with Gasteiger partial charge in [0.1, 0.15) is 17.3 Å². The number of imidazole rings is 1. The van der Waals surface area contributed by atoms with Crippen molar-refractivity contribution in [1.82, 2.24) is 14.1 Å². The molecule has 11 aromatic rings. The topological polar surface area (TPSA) is 35.9 Å². The maximum atomic E-state index is 9.07. The van der Waals surface area contributed by atoms with Crippen molar-refractivity contribution >= 4 is 32.8 Å². The molecular weight excluding hydrogens is 829 g/mol. The molecule has 5 nitrogen and oxygen atoms in total. The molecule has 68 heavy (non-hydrogen) atoms. The first-order chi connectivity index (χ1) is 37.2. The minimum atomic E-state index is -0.567. The van der Waals surface area contributed by atoms with Crippen molar-refractivity contribution in [2.24, 2.45) is 5.92 Å². The Morgan fingerprint density at radius 2 is 1.26 bits per heavy atom. The highest BCUT2D eigenvalue weighted by molar-refractivity contribution is 6.10. The maximum Gasteiger partial charge on any atom is 0.269 e. The van der Waals surface area contributed by atoms with Crippen molar-refractivity contribution in [3.8, 4) is 62.1 Å². The van der Waals surface area contributed by atoms with Crippen LogP contribution < -0.4 is 9.30 Å². The van der Waals surface area contributed by atoms with Crippen LogP contribution in [0.15, 0.2) is 206 Å². The fourth-order valence-electron chi connectivity index (χ4n) is 9.15. The molecule has 0 spiro atoms. The van der Waals surface area contributed by atoms with Crippen LogP contribution in [0.5, 0.6) is 11.5 Å². The molecule has 0 aliphatic heterocycles. The summed E-state index contributed by atoms with van der Waals surface area (Å²) in [5.74, 6) is 2.51. The molecule has 0 fully saturated rings. The largest absolute Gasteiger partial charge is 0.458 e. The lowest BCUT2D eigenvalue weighted by Gasteiger charge is -2.21. The number of hydrogen-bond donors (Lipinski definition) is 0. The van der Waals surface area contributed by atoms with Crippen LogP contribution in [0.3, 0.4) is 0 Å². The number of pyridine rings is 1. The Hall–Kier alpha value is -8.02. The summed E-state index contributed by atoms with van der Waals surface area (Å²) >= 11 is 0. The van der Waals surface area contributed by atoms with E-state index in [0.717, 1.165) is 38.8 Å². The lowest BCUT2D eigenvalue weighted by Crippen LogP contribution is -2.31. The third-order valence-electron chi connectivity index (χ3n) is 13.0. The standard InChI is InChI=1S/C63H54N4O/c1-42(2)43(3)54-39-61(64-40-56(54)46-24-14-9-15-25-46)67-57-35-32-47(63(4,5)6)36-55(57)53-34-33-50(38-60(53)67)68-49-27-18-26-48(37-49)65-41-66(59-31-17-16-30-58(59)65)62-51(44-20-10-7-11-21-44)28-19-29-52(62)45-22-12-8-13-23-45/h7-40,42-43H,1-6H3/i7D,8D,10D,11D,12D,13D,20D,21D,22D,23D. The Morgan fingerprint density at radius 3 is 1.97 bits per heavy atom. The van der Waals surface area contributed by atoms with E-state index >= 15 is 0 Å². The Kier molecular flexibility index (Phi) is 8.31. The van der Waals surface area contributed by atoms with E-state index in [1.807, 2.05) is 66.9 Å². The van der Waals surface area contributed by atoms with Crippen LogP contribution in [0.1, 0.15) is 72.3 Å². The highest BCUT2D eigenvalue weighted by Gasteiger charge is 2.23. The van der Waals surface area contributed by atoms with Crippen molar-refractivity contribution < 1.29 is 23.0 Å². The lowest BCUT2D eigenvalue weighted by atomic mass is 9.86. The van der Waals surface area contributed by atoms with E-state index in [1.165, 1.54) is 11.1 Å². The van der Waals surface area contributed by atoms with Crippen LogP contribution in [0.2, 0.25) is 0 Å². The predicted molar refractivity (Wildman–Crippen MR) is 281 cm³/mol. The van der Waals surface area contributed by atoms with E-state index < -0.39 is 60.4 Å². The monoisotopic (exact) mass is 892 g/mol. The van der Waals surface area contributed by atoms with Gasteiger partial charge < -0.3 is 4.74 Å². The highest BCUT2D eigenvalue weighted by Crippen LogP contribution is 2.41. The normalized spacial score (nSPS) is 14.4. The number of hydrogen-bond acceptors (Lipinski definition) is 2. The highest BCUT2D eigenvalue weighted by atomic mass is 16.5. The fourth-order valence-corrected chi connectivity index (χ4v) is 9.15. The number of benzene rings is 8. The first-order valence-corrected chi connectivity index (χ1v) is 22.9.